The summed E-state index contributed by atoms with van der Waals surface area (Å²) in [6.45, 7) is 14.1. The first-order chi connectivity index (χ1) is 27.8. The van der Waals surface area contributed by atoms with Gasteiger partial charge < -0.3 is 4.74 Å². The molecule has 312 valence electrons. The Morgan fingerprint density at radius 3 is 1.16 bits per heavy atom. The zero-order valence-corrected chi connectivity index (χ0v) is 40.9. The predicted molar refractivity (Wildman–Crippen MR) is 261 cm³/mol. The molecule has 0 amide bonds. The van der Waals surface area contributed by atoms with E-state index in [0.717, 1.165) is 11.1 Å². The third-order valence-electron chi connectivity index (χ3n) is 12.5. The Kier molecular flexibility index (Phi) is 20.7. The summed E-state index contributed by atoms with van der Waals surface area (Å²) in [5.41, 5.74) is 0. The molecule has 0 heterocycles. The molecule has 2 unspecified atom stereocenters. The summed E-state index contributed by atoms with van der Waals surface area (Å²) in [6.07, 6.45) is 15.4. The third kappa shape index (κ3) is 12.5. The fourth-order valence-electron chi connectivity index (χ4n) is 9.06. The molecule has 0 aliphatic carbocycles. The van der Waals surface area contributed by atoms with Crippen molar-refractivity contribution in [1.82, 2.24) is 4.44 Å². The molecule has 0 radical (unpaired) electrons. The number of benzene rings is 4. The van der Waals surface area contributed by atoms with Gasteiger partial charge in [0.2, 0.25) is 0 Å². The van der Waals surface area contributed by atoms with Gasteiger partial charge in [-0.2, -0.15) is 0 Å². The number of nitrogens with zero attached hydrogens (tertiary/aromatic N) is 1. The van der Waals surface area contributed by atoms with Gasteiger partial charge in [0.05, 0.1) is 23.3 Å². The van der Waals surface area contributed by atoms with Crippen molar-refractivity contribution in [2.45, 2.75) is 155 Å². The minimum absolute atomic E-state index is 0.124. The largest absolute Gasteiger partial charge is 0.496 e. The van der Waals surface area contributed by atoms with Crippen LogP contribution in [-0.4, -0.2) is 34.7 Å². The second-order valence-electron chi connectivity index (χ2n) is 16.5. The Bertz CT molecular complexity index is 1670. The van der Waals surface area contributed by atoms with Gasteiger partial charge in [-0.25, -0.2) is 8.83 Å². The number of hydrogen-bond acceptors (Lipinski definition) is 2. The van der Waals surface area contributed by atoms with Crippen LogP contribution in [0.3, 0.4) is 0 Å². The maximum Gasteiger partial charge on any atom is 0.132 e. The summed E-state index contributed by atoms with van der Waals surface area (Å²) in [4.78, 5) is 0. The molecule has 0 bridgehead atoms. The van der Waals surface area contributed by atoms with Gasteiger partial charge in [0.15, 0.2) is 0 Å². The van der Waals surface area contributed by atoms with E-state index in [1.54, 1.807) is 23.5 Å². The fraction of sp³-hybridized carbons (Fsp3) is 0.520. The SMILES string of the molecule is CCCC[Si](CCCC)(CCCC)c1ccc(P(c2ccccc2F)N(C)P(c2ccc([Si](CCCC)(CCCC)CCCC)cc2)c2ccccc2OC)cc1. The molecule has 0 saturated carbocycles. The molecule has 2 atom stereocenters. The van der Waals surface area contributed by atoms with Crippen LogP contribution in [0.5, 0.6) is 5.75 Å². The lowest BCUT2D eigenvalue weighted by atomic mass is 10.3. The number of rotatable bonds is 27. The number of hydrogen-bond donors (Lipinski definition) is 0. The molecular weight excluding hydrogens is 768 g/mol. The van der Waals surface area contributed by atoms with Gasteiger partial charge in [-0.3, -0.25) is 0 Å². The average molecular weight is 844 g/mol. The van der Waals surface area contributed by atoms with E-state index < -0.39 is 32.3 Å². The minimum Gasteiger partial charge on any atom is -0.496 e. The minimum atomic E-state index is -1.69. The van der Waals surface area contributed by atoms with Crippen LogP contribution in [0.25, 0.3) is 0 Å². The molecule has 0 saturated heterocycles. The van der Waals surface area contributed by atoms with Gasteiger partial charge in [-0.05, 0) is 41.9 Å². The summed E-state index contributed by atoms with van der Waals surface area (Å²) in [7, 11) is -1.61. The van der Waals surface area contributed by atoms with Crippen LogP contribution >= 0.6 is 16.1 Å². The summed E-state index contributed by atoms with van der Waals surface area (Å²) in [6, 6.07) is 44.1. The van der Waals surface area contributed by atoms with Gasteiger partial charge in [0.1, 0.15) is 11.6 Å². The molecule has 0 N–H and O–H groups in total. The first-order valence-corrected chi connectivity index (χ1v) is 30.5. The summed E-state index contributed by atoms with van der Waals surface area (Å²) in [5.74, 6) is 0.774. The van der Waals surface area contributed by atoms with Gasteiger partial charge in [-0.15, -0.1) is 0 Å². The summed E-state index contributed by atoms with van der Waals surface area (Å²) < 4.78 is 24.9. The fourth-order valence-corrected chi connectivity index (χ4v) is 26.0. The quantitative estimate of drug-likeness (QED) is 0.0438. The van der Waals surface area contributed by atoms with Crippen LogP contribution < -0.4 is 36.3 Å². The maximum atomic E-state index is 16.3. The van der Waals surface area contributed by atoms with Crippen molar-refractivity contribution in [2.24, 2.45) is 0 Å². The van der Waals surface area contributed by atoms with Crippen LogP contribution in [0.15, 0.2) is 97.1 Å². The zero-order valence-electron chi connectivity index (χ0n) is 37.1. The van der Waals surface area contributed by atoms with Crippen molar-refractivity contribution in [1.29, 1.82) is 0 Å². The predicted octanol–water partition coefficient (Wildman–Crippen LogP) is 13.3. The molecule has 2 nitrogen and oxygen atoms in total. The highest BCUT2D eigenvalue weighted by atomic mass is 31.2. The highest BCUT2D eigenvalue weighted by molar-refractivity contribution is 7.84. The first-order valence-electron chi connectivity index (χ1n) is 22.7. The molecule has 57 heavy (non-hydrogen) atoms. The molecular formula is C50H76FNOP2Si2. The molecule has 4 rings (SSSR count). The second-order valence-corrected chi connectivity index (χ2v) is 30.5. The molecule has 0 aliphatic heterocycles. The van der Waals surface area contributed by atoms with Gasteiger partial charge in [0.25, 0.3) is 0 Å². The smallest absolute Gasteiger partial charge is 0.132 e. The molecule has 7 heteroatoms. The van der Waals surface area contributed by atoms with Crippen LogP contribution in [0.1, 0.15) is 119 Å². The van der Waals surface area contributed by atoms with Crippen molar-refractivity contribution >= 4 is 63.9 Å². The molecule has 4 aromatic rings. The number of ether oxygens (including phenoxy) is 1. The molecule has 4 aromatic carbocycles. The lowest BCUT2D eigenvalue weighted by Gasteiger charge is -2.38. The lowest BCUT2D eigenvalue weighted by Crippen LogP contribution is -2.48. The van der Waals surface area contributed by atoms with Crippen LogP contribution in [0.2, 0.25) is 36.3 Å². The second kappa shape index (κ2) is 24.8. The number of halogens is 1. The van der Waals surface area contributed by atoms with Crippen molar-refractivity contribution in [2.75, 3.05) is 14.2 Å². The van der Waals surface area contributed by atoms with E-state index in [2.05, 4.69) is 126 Å². The number of methoxy groups -OCH3 is 1. The highest BCUT2D eigenvalue weighted by Crippen LogP contribution is 2.54. The zero-order chi connectivity index (χ0) is 41.1. The van der Waals surface area contributed by atoms with Gasteiger partial charge in [-0.1, -0.05) is 238 Å². The molecule has 0 aliphatic rings. The molecule has 0 fully saturated rings. The first kappa shape index (κ1) is 47.5. The topological polar surface area (TPSA) is 12.5 Å². The Balaban J connectivity index is 1.89. The van der Waals surface area contributed by atoms with E-state index in [-0.39, 0.29) is 5.82 Å². The van der Waals surface area contributed by atoms with Gasteiger partial charge >= 0.3 is 0 Å². The van der Waals surface area contributed by atoms with Crippen LogP contribution in [0, 0.1) is 5.82 Å². The third-order valence-corrected chi connectivity index (χ3v) is 28.9. The van der Waals surface area contributed by atoms with Gasteiger partial charge in [0, 0.05) is 26.8 Å². The maximum absolute atomic E-state index is 16.3. The number of unbranched alkanes of at least 4 members (excludes halogenated alkanes) is 6. The van der Waals surface area contributed by atoms with Crippen molar-refractivity contribution in [3.8, 4) is 5.75 Å². The van der Waals surface area contributed by atoms with E-state index in [1.165, 1.54) is 129 Å². The summed E-state index contributed by atoms with van der Waals surface area (Å²) in [5, 5.41) is 7.73. The van der Waals surface area contributed by atoms with Crippen molar-refractivity contribution in [3.63, 3.8) is 0 Å². The van der Waals surface area contributed by atoms with E-state index in [0.29, 0.717) is 0 Å². The van der Waals surface area contributed by atoms with E-state index >= 15 is 4.39 Å². The van der Waals surface area contributed by atoms with E-state index in [4.69, 9.17) is 4.74 Å². The Morgan fingerprint density at radius 1 is 0.474 bits per heavy atom. The lowest BCUT2D eigenvalue weighted by molar-refractivity contribution is 0.418. The molecule has 0 spiro atoms. The standard InChI is InChI=1S/C50H76FNOP2Si2/c1-9-15-37-56(38-16-10-2,39-17-11-3)45-33-29-43(30-34-45)54(49-27-23-21-25-47(49)51)52(7)55(50-28-24-22-26-48(50)53-8)44-31-35-46(36-32-44)57(40-18-12-4,41-19-13-5)42-20-14-6/h21-36H,9-20,37-42H2,1-8H3. The van der Waals surface area contributed by atoms with E-state index in [9.17, 15) is 0 Å². The van der Waals surface area contributed by atoms with Crippen LogP contribution in [0.4, 0.5) is 4.39 Å². The van der Waals surface area contributed by atoms with Crippen molar-refractivity contribution < 1.29 is 9.13 Å². The monoisotopic (exact) mass is 843 g/mol. The Hall–Kier alpha value is -2.14. The average Bonchev–Trinajstić information content (AvgIpc) is 3.25. The van der Waals surface area contributed by atoms with E-state index in [1.807, 2.05) is 18.2 Å². The number of para-hydroxylation sites is 1. The normalized spacial score (nSPS) is 13.2. The summed E-state index contributed by atoms with van der Waals surface area (Å²) >= 11 is 0. The Labute approximate surface area is 353 Å². The van der Waals surface area contributed by atoms with Crippen LogP contribution in [-0.2, 0) is 0 Å². The highest BCUT2D eigenvalue weighted by Gasteiger charge is 2.37. The Morgan fingerprint density at radius 2 is 0.807 bits per heavy atom. The van der Waals surface area contributed by atoms with Crippen molar-refractivity contribution in [3.05, 3.63) is 103 Å². The molecule has 0 aromatic heterocycles.